The topological polar surface area (TPSA) is 93.5 Å². The standard InChI is InChI=1S/C23H22N4O4/c1-29-19-6-2-3-7-20(19)30-14-21-25-17(10-24)23(31-21)26-11-15-9-16(13-26)18-5-4-8-22(28)27(18)12-15/h2-8,15-16H,9,11-14H2,1H3/t15-,16+/m0/s1. The molecule has 31 heavy (non-hydrogen) atoms. The van der Waals surface area contributed by atoms with Crippen molar-refractivity contribution in [3.63, 3.8) is 0 Å². The van der Waals surface area contributed by atoms with Crippen LogP contribution < -0.4 is 19.9 Å². The second-order valence-corrected chi connectivity index (χ2v) is 7.92. The summed E-state index contributed by atoms with van der Waals surface area (Å²) >= 11 is 0. The van der Waals surface area contributed by atoms with Gasteiger partial charge in [-0.2, -0.15) is 10.2 Å². The molecule has 2 aromatic heterocycles. The highest BCUT2D eigenvalue weighted by Crippen LogP contribution is 2.38. The molecule has 2 aliphatic heterocycles. The zero-order chi connectivity index (χ0) is 21.4. The van der Waals surface area contributed by atoms with E-state index in [0.717, 1.165) is 12.1 Å². The molecule has 0 radical (unpaired) electrons. The first-order valence-electron chi connectivity index (χ1n) is 10.3. The van der Waals surface area contributed by atoms with E-state index < -0.39 is 0 Å². The molecule has 1 fully saturated rings. The Balaban J connectivity index is 1.37. The summed E-state index contributed by atoms with van der Waals surface area (Å²) in [6, 6.07) is 14.9. The van der Waals surface area contributed by atoms with Gasteiger partial charge in [0.05, 0.1) is 7.11 Å². The number of piperidine rings is 1. The van der Waals surface area contributed by atoms with Crippen LogP contribution in [0.1, 0.15) is 29.6 Å². The molecule has 1 aromatic carbocycles. The first kappa shape index (κ1) is 19.2. The molecule has 4 heterocycles. The number of pyridine rings is 1. The number of benzene rings is 1. The van der Waals surface area contributed by atoms with E-state index in [0.29, 0.717) is 48.8 Å². The van der Waals surface area contributed by atoms with Gasteiger partial charge in [-0.25, -0.2) is 0 Å². The Morgan fingerprint density at radius 3 is 2.81 bits per heavy atom. The van der Waals surface area contributed by atoms with Crippen molar-refractivity contribution in [1.29, 1.82) is 5.26 Å². The van der Waals surface area contributed by atoms with Gasteiger partial charge in [0.15, 0.2) is 18.1 Å². The Morgan fingerprint density at radius 1 is 1.16 bits per heavy atom. The molecule has 5 rings (SSSR count). The molecule has 2 atom stereocenters. The van der Waals surface area contributed by atoms with Gasteiger partial charge < -0.3 is 23.4 Å². The van der Waals surface area contributed by atoms with E-state index in [1.807, 2.05) is 34.9 Å². The number of oxazole rings is 1. The van der Waals surface area contributed by atoms with Gasteiger partial charge in [-0.1, -0.05) is 18.2 Å². The number of methoxy groups -OCH3 is 1. The summed E-state index contributed by atoms with van der Waals surface area (Å²) in [6.45, 7) is 2.17. The van der Waals surface area contributed by atoms with Crippen LogP contribution in [-0.4, -0.2) is 29.8 Å². The minimum absolute atomic E-state index is 0.0498. The average Bonchev–Trinajstić information content (AvgIpc) is 3.22. The molecule has 2 aliphatic rings. The highest BCUT2D eigenvalue weighted by molar-refractivity contribution is 5.49. The number of ether oxygens (including phenoxy) is 2. The van der Waals surface area contributed by atoms with Crippen molar-refractivity contribution in [1.82, 2.24) is 9.55 Å². The van der Waals surface area contributed by atoms with E-state index in [-0.39, 0.29) is 23.8 Å². The number of hydrogen-bond donors (Lipinski definition) is 0. The molecule has 8 nitrogen and oxygen atoms in total. The molecular formula is C23H22N4O4. The van der Waals surface area contributed by atoms with E-state index in [4.69, 9.17) is 13.9 Å². The maximum Gasteiger partial charge on any atom is 0.250 e. The van der Waals surface area contributed by atoms with Crippen LogP contribution in [0.5, 0.6) is 11.5 Å². The fourth-order valence-electron chi connectivity index (χ4n) is 4.64. The second kappa shape index (κ2) is 7.84. The SMILES string of the molecule is COc1ccccc1OCc1nc(C#N)c(N2C[C@@H]3C[C@H](C2)c2cccc(=O)n2C3)o1. The van der Waals surface area contributed by atoms with Gasteiger partial charge in [0, 0.05) is 37.3 Å². The lowest BCUT2D eigenvalue weighted by Crippen LogP contribution is -2.47. The predicted molar refractivity (Wildman–Crippen MR) is 112 cm³/mol. The van der Waals surface area contributed by atoms with Crippen LogP contribution >= 0.6 is 0 Å². The monoisotopic (exact) mass is 418 g/mol. The van der Waals surface area contributed by atoms with Crippen LogP contribution in [0.4, 0.5) is 5.88 Å². The third-order valence-corrected chi connectivity index (χ3v) is 5.95. The summed E-state index contributed by atoms with van der Waals surface area (Å²) < 4.78 is 19.0. The summed E-state index contributed by atoms with van der Waals surface area (Å²) in [4.78, 5) is 18.7. The van der Waals surface area contributed by atoms with Crippen molar-refractivity contribution < 1.29 is 13.9 Å². The Kier molecular flexibility index (Phi) is 4.86. The summed E-state index contributed by atoms with van der Waals surface area (Å²) in [5.74, 6) is 2.54. The number of fused-ring (bicyclic) bond motifs is 4. The lowest BCUT2D eigenvalue weighted by atomic mass is 9.83. The summed E-state index contributed by atoms with van der Waals surface area (Å²) in [7, 11) is 1.58. The van der Waals surface area contributed by atoms with Crippen molar-refractivity contribution in [3.8, 4) is 17.6 Å². The first-order valence-corrected chi connectivity index (χ1v) is 10.3. The predicted octanol–water partition coefficient (Wildman–Crippen LogP) is 2.92. The Morgan fingerprint density at radius 2 is 2.00 bits per heavy atom. The number of anilines is 1. The molecule has 8 heteroatoms. The van der Waals surface area contributed by atoms with Crippen LogP contribution in [0, 0.1) is 17.2 Å². The van der Waals surface area contributed by atoms with Crippen molar-refractivity contribution >= 4 is 5.88 Å². The molecule has 2 bridgehead atoms. The van der Waals surface area contributed by atoms with E-state index in [2.05, 4.69) is 16.0 Å². The molecule has 0 aliphatic carbocycles. The van der Waals surface area contributed by atoms with Gasteiger partial charge in [-0.15, -0.1) is 0 Å². The van der Waals surface area contributed by atoms with Crippen molar-refractivity contribution in [3.05, 3.63) is 70.1 Å². The van der Waals surface area contributed by atoms with Crippen LogP contribution in [0.2, 0.25) is 0 Å². The maximum atomic E-state index is 12.2. The molecule has 0 N–H and O–H groups in total. The highest BCUT2D eigenvalue weighted by Gasteiger charge is 2.36. The molecule has 1 saturated heterocycles. The van der Waals surface area contributed by atoms with Crippen molar-refractivity contribution in [2.24, 2.45) is 5.92 Å². The van der Waals surface area contributed by atoms with Gasteiger partial charge >= 0.3 is 0 Å². The molecule has 0 amide bonds. The maximum absolute atomic E-state index is 12.2. The van der Waals surface area contributed by atoms with E-state index in [9.17, 15) is 10.1 Å². The summed E-state index contributed by atoms with van der Waals surface area (Å²) in [6.07, 6.45) is 1.03. The van der Waals surface area contributed by atoms with Crippen LogP contribution in [0.25, 0.3) is 0 Å². The fourth-order valence-corrected chi connectivity index (χ4v) is 4.64. The van der Waals surface area contributed by atoms with E-state index >= 15 is 0 Å². The smallest absolute Gasteiger partial charge is 0.250 e. The van der Waals surface area contributed by atoms with E-state index in [1.54, 1.807) is 19.2 Å². The summed E-state index contributed by atoms with van der Waals surface area (Å²) in [5, 5.41) is 9.62. The van der Waals surface area contributed by atoms with Crippen LogP contribution in [0.3, 0.4) is 0 Å². The number of rotatable bonds is 5. The first-order chi connectivity index (χ1) is 15.2. The van der Waals surface area contributed by atoms with E-state index in [1.165, 1.54) is 0 Å². The molecule has 3 aromatic rings. The lowest BCUT2D eigenvalue weighted by molar-refractivity contribution is 0.245. The fraction of sp³-hybridized carbons (Fsp3) is 0.348. The number of nitriles is 1. The van der Waals surface area contributed by atoms with Crippen molar-refractivity contribution in [2.75, 3.05) is 25.1 Å². The van der Waals surface area contributed by atoms with Crippen LogP contribution in [0.15, 0.2) is 51.7 Å². The largest absolute Gasteiger partial charge is 0.493 e. The molecule has 0 spiro atoms. The van der Waals surface area contributed by atoms with Crippen LogP contribution in [-0.2, 0) is 13.2 Å². The zero-order valence-electron chi connectivity index (χ0n) is 17.2. The highest BCUT2D eigenvalue weighted by atomic mass is 16.5. The van der Waals surface area contributed by atoms with Gasteiger partial charge in [0.2, 0.25) is 17.5 Å². The third-order valence-electron chi connectivity index (χ3n) is 5.95. The minimum Gasteiger partial charge on any atom is -0.493 e. The molecule has 0 saturated carbocycles. The zero-order valence-corrected chi connectivity index (χ0v) is 17.2. The average molecular weight is 418 g/mol. The molecular weight excluding hydrogens is 396 g/mol. The second-order valence-electron chi connectivity index (χ2n) is 7.92. The normalized spacial score (nSPS) is 19.4. The summed E-state index contributed by atoms with van der Waals surface area (Å²) in [5.41, 5.74) is 1.35. The number of nitrogens with zero attached hydrogens (tertiary/aromatic N) is 4. The molecule has 158 valence electrons. The Bertz CT molecular complexity index is 1210. The van der Waals surface area contributed by atoms with Gasteiger partial charge in [0.1, 0.15) is 6.07 Å². The lowest BCUT2D eigenvalue weighted by Gasteiger charge is -2.42. The Hall–Kier alpha value is -3.73. The number of hydrogen-bond acceptors (Lipinski definition) is 7. The van der Waals surface area contributed by atoms with Crippen molar-refractivity contribution in [2.45, 2.75) is 25.5 Å². The molecule has 0 unspecified atom stereocenters. The van der Waals surface area contributed by atoms with Gasteiger partial charge in [-0.3, -0.25) is 4.79 Å². The number of para-hydroxylation sites is 2. The third kappa shape index (κ3) is 3.52. The van der Waals surface area contributed by atoms with Gasteiger partial charge in [-0.05, 0) is 30.5 Å². The van der Waals surface area contributed by atoms with Gasteiger partial charge in [0.25, 0.3) is 5.56 Å². The minimum atomic E-state index is 0.0498. The Labute approximate surface area is 179 Å². The number of aromatic nitrogens is 2. The quantitative estimate of drug-likeness (QED) is 0.629.